The molecule has 1 aromatic rings. The van der Waals surface area contributed by atoms with Crippen molar-refractivity contribution < 1.29 is 4.74 Å². The van der Waals surface area contributed by atoms with Gasteiger partial charge in [0.25, 0.3) is 0 Å². The summed E-state index contributed by atoms with van der Waals surface area (Å²) in [7, 11) is 4.03. The lowest BCUT2D eigenvalue weighted by Gasteiger charge is -2.11. The third-order valence-electron chi connectivity index (χ3n) is 2.45. The van der Waals surface area contributed by atoms with Crippen LogP contribution in [0.1, 0.15) is 11.3 Å². The van der Waals surface area contributed by atoms with E-state index in [0.29, 0.717) is 19.0 Å². The van der Waals surface area contributed by atoms with Crippen molar-refractivity contribution in [3.8, 4) is 0 Å². The molecule has 0 saturated heterocycles. The third-order valence-corrected chi connectivity index (χ3v) is 2.45. The van der Waals surface area contributed by atoms with Crippen molar-refractivity contribution in [2.24, 2.45) is 0 Å². The molecule has 2 rings (SSSR count). The predicted octanol–water partition coefficient (Wildman–Crippen LogP) is 1.14. The summed E-state index contributed by atoms with van der Waals surface area (Å²) in [4.78, 5) is 6.39. The molecule has 0 aromatic carbocycles. The number of rotatable bonds is 3. The van der Waals surface area contributed by atoms with Gasteiger partial charge in [-0.05, 0) is 37.4 Å². The molecule has 0 spiro atoms. The first-order chi connectivity index (χ1) is 7.65. The van der Waals surface area contributed by atoms with Crippen LogP contribution in [-0.2, 0) is 11.3 Å². The van der Waals surface area contributed by atoms with E-state index in [2.05, 4.69) is 22.0 Å². The summed E-state index contributed by atoms with van der Waals surface area (Å²) in [6.45, 7) is 2.16. The highest BCUT2D eigenvalue weighted by Crippen LogP contribution is 2.21. The number of nitrogen functional groups attached to an aromatic ring is 1. The Kier molecular flexibility index (Phi) is 3.22. The van der Waals surface area contributed by atoms with Gasteiger partial charge < -0.3 is 15.4 Å². The predicted molar refractivity (Wildman–Crippen MR) is 64.8 cm³/mol. The number of ether oxygens (including phenoxy) is 1. The third kappa shape index (κ3) is 2.59. The fourth-order valence-electron chi connectivity index (χ4n) is 1.79. The van der Waals surface area contributed by atoms with E-state index in [0.717, 1.165) is 17.8 Å². The fraction of sp³-hybridized carbons (Fsp3) is 0.417. The summed E-state index contributed by atoms with van der Waals surface area (Å²) in [6, 6.07) is 3.98. The van der Waals surface area contributed by atoms with Crippen LogP contribution in [0.4, 0.5) is 5.82 Å². The molecule has 86 valence electrons. The second-order valence-electron chi connectivity index (χ2n) is 4.25. The molecule has 1 aromatic heterocycles. The lowest BCUT2D eigenvalue weighted by molar-refractivity contribution is 0.216. The Hall–Kier alpha value is -1.39. The molecule has 1 aliphatic rings. The van der Waals surface area contributed by atoms with Crippen LogP contribution >= 0.6 is 0 Å². The van der Waals surface area contributed by atoms with Crippen LogP contribution in [0, 0.1) is 0 Å². The monoisotopic (exact) mass is 219 g/mol. The van der Waals surface area contributed by atoms with E-state index in [1.54, 1.807) is 0 Å². The fourth-order valence-corrected chi connectivity index (χ4v) is 1.79. The molecule has 0 aliphatic carbocycles. The first kappa shape index (κ1) is 11.1. The zero-order chi connectivity index (χ0) is 11.5. The van der Waals surface area contributed by atoms with Crippen LogP contribution in [0.2, 0.25) is 0 Å². The summed E-state index contributed by atoms with van der Waals surface area (Å²) in [5, 5.41) is 0. The van der Waals surface area contributed by atoms with E-state index in [1.807, 2.05) is 20.2 Å². The highest BCUT2D eigenvalue weighted by molar-refractivity contribution is 5.69. The second-order valence-corrected chi connectivity index (χ2v) is 4.25. The summed E-state index contributed by atoms with van der Waals surface area (Å²) in [5.74, 6) is 0.571. The number of nitrogens with two attached hydrogens (primary N) is 1. The van der Waals surface area contributed by atoms with E-state index in [4.69, 9.17) is 10.5 Å². The standard InChI is InChI=1S/C12H17N3O/c1-15(2)7-11-5-10(6-12(13)14-11)9-3-4-16-8-9/h3,5-6H,4,7-8H2,1-2H3,(H2,13,14). The van der Waals surface area contributed by atoms with E-state index in [-0.39, 0.29) is 0 Å². The molecule has 1 aliphatic heterocycles. The second kappa shape index (κ2) is 4.63. The van der Waals surface area contributed by atoms with Crippen LogP contribution in [0.5, 0.6) is 0 Å². The number of hydrogen-bond acceptors (Lipinski definition) is 4. The van der Waals surface area contributed by atoms with Crippen molar-refractivity contribution in [3.63, 3.8) is 0 Å². The largest absolute Gasteiger partial charge is 0.384 e. The Balaban J connectivity index is 2.28. The van der Waals surface area contributed by atoms with Crippen molar-refractivity contribution in [2.45, 2.75) is 6.54 Å². The lowest BCUT2D eigenvalue weighted by Crippen LogP contribution is -2.13. The van der Waals surface area contributed by atoms with Crippen molar-refractivity contribution in [1.29, 1.82) is 0 Å². The van der Waals surface area contributed by atoms with Crippen molar-refractivity contribution >= 4 is 11.4 Å². The summed E-state index contributed by atoms with van der Waals surface area (Å²) in [5.41, 5.74) is 9.13. The van der Waals surface area contributed by atoms with Crippen molar-refractivity contribution in [2.75, 3.05) is 33.0 Å². The Bertz CT molecular complexity index is 413. The van der Waals surface area contributed by atoms with Gasteiger partial charge in [-0.15, -0.1) is 0 Å². The molecule has 2 N–H and O–H groups in total. The van der Waals surface area contributed by atoms with E-state index in [9.17, 15) is 0 Å². The van der Waals surface area contributed by atoms with Gasteiger partial charge in [-0.1, -0.05) is 6.08 Å². The minimum absolute atomic E-state index is 0.571. The van der Waals surface area contributed by atoms with Crippen LogP contribution in [-0.4, -0.2) is 37.2 Å². The smallest absolute Gasteiger partial charge is 0.124 e. The number of aromatic nitrogens is 1. The molecule has 16 heavy (non-hydrogen) atoms. The molecule has 0 bridgehead atoms. The molecule has 0 unspecified atom stereocenters. The van der Waals surface area contributed by atoms with E-state index >= 15 is 0 Å². The average Bonchev–Trinajstić information content (AvgIpc) is 2.67. The molecule has 0 atom stereocenters. The topological polar surface area (TPSA) is 51.4 Å². The SMILES string of the molecule is CN(C)Cc1cc(C2=CCOC2)cc(N)n1. The van der Waals surface area contributed by atoms with Gasteiger partial charge in [0.1, 0.15) is 5.82 Å². The molecule has 4 heteroatoms. The van der Waals surface area contributed by atoms with Crippen LogP contribution < -0.4 is 5.73 Å². The first-order valence-electron chi connectivity index (χ1n) is 5.33. The highest BCUT2D eigenvalue weighted by Gasteiger charge is 2.10. The molecule has 0 amide bonds. The summed E-state index contributed by atoms with van der Waals surface area (Å²) in [6.07, 6.45) is 2.09. The van der Waals surface area contributed by atoms with Gasteiger partial charge in [-0.3, -0.25) is 0 Å². The minimum atomic E-state index is 0.571. The number of anilines is 1. The van der Waals surface area contributed by atoms with E-state index < -0.39 is 0 Å². The minimum Gasteiger partial charge on any atom is -0.384 e. The zero-order valence-electron chi connectivity index (χ0n) is 9.73. The number of hydrogen-bond donors (Lipinski definition) is 1. The first-order valence-corrected chi connectivity index (χ1v) is 5.33. The maximum absolute atomic E-state index is 5.81. The average molecular weight is 219 g/mol. The highest BCUT2D eigenvalue weighted by atomic mass is 16.5. The van der Waals surface area contributed by atoms with Crippen LogP contribution in [0.3, 0.4) is 0 Å². The Labute approximate surface area is 95.7 Å². The number of nitrogens with zero attached hydrogens (tertiary/aromatic N) is 2. The van der Waals surface area contributed by atoms with Gasteiger partial charge in [-0.25, -0.2) is 4.98 Å². The molecule has 0 fully saturated rings. The Morgan fingerprint density at radius 1 is 1.44 bits per heavy atom. The van der Waals surface area contributed by atoms with Gasteiger partial charge in [0.15, 0.2) is 0 Å². The normalized spacial score (nSPS) is 15.6. The lowest BCUT2D eigenvalue weighted by atomic mass is 10.1. The van der Waals surface area contributed by atoms with Crippen LogP contribution in [0.25, 0.3) is 5.57 Å². The van der Waals surface area contributed by atoms with Gasteiger partial charge in [0, 0.05) is 6.54 Å². The van der Waals surface area contributed by atoms with Gasteiger partial charge >= 0.3 is 0 Å². The number of pyridine rings is 1. The quantitative estimate of drug-likeness (QED) is 0.828. The Morgan fingerprint density at radius 3 is 2.88 bits per heavy atom. The maximum atomic E-state index is 5.81. The molecule has 4 nitrogen and oxygen atoms in total. The van der Waals surface area contributed by atoms with Gasteiger partial charge in [0.05, 0.1) is 18.9 Å². The Morgan fingerprint density at radius 2 is 2.25 bits per heavy atom. The van der Waals surface area contributed by atoms with Gasteiger partial charge in [-0.2, -0.15) is 0 Å². The summed E-state index contributed by atoms with van der Waals surface area (Å²) >= 11 is 0. The molecule has 2 heterocycles. The summed E-state index contributed by atoms with van der Waals surface area (Å²) < 4.78 is 5.31. The molecule has 0 saturated carbocycles. The van der Waals surface area contributed by atoms with Crippen molar-refractivity contribution in [1.82, 2.24) is 9.88 Å². The van der Waals surface area contributed by atoms with Crippen molar-refractivity contribution in [3.05, 3.63) is 29.5 Å². The molecule has 0 radical (unpaired) electrons. The molecular weight excluding hydrogens is 202 g/mol. The van der Waals surface area contributed by atoms with E-state index in [1.165, 1.54) is 5.57 Å². The zero-order valence-corrected chi connectivity index (χ0v) is 9.73. The van der Waals surface area contributed by atoms with Gasteiger partial charge in [0.2, 0.25) is 0 Å². The van der Waals surface area contributed by atoms with Crippen LogP contribution in [0.15, 0.2) is 18.2 Å². The maximum Gasteiger partial charge on any atom is 0.124 e. The molecular formula is C12H17N3O.